The maximum absolute atomic E-state index is 11.4. The molecule has 0 aliphatic carbocycles. The topological polar surface area (TPSA) is 37.4 Å². The van der Waals surface area contributed by atoms with Crippen molar-refractivity contribution in [3.05, 3.63) is 11.5 Å². The maximum atomic E-state index is 11.4. The second-order valence-electron chi connectivity index (χ2n) is 3.65. The molecule has 0 rings (SSSR count). The highest BCUT2D eigenvalue weighted by molar-refractivity contribution is 7.92. The first-order valence-corrected chi connectivity index (χ1v) is 5.34. The van der Waals surface area contributed by atoms with E-state index in [9.17, 15) is 8.42 Å². The van der Waals surface area contributed by atoms with Gasteiger partial charge in [-0.05, 0) is 27.7 Å². The molecule has 0 aromatic carbocycles. The SMILES string of the molecule is C/C=C/S(=O)(=O)N(C)C(C)(C)C. The molecule has 0 spiro atoms. The standard InChI is InChI=1S/C8H17NO2S/c1-6-7-12(10,11)9(5)8(2,3)4/h6-7H,1-5H3/b7-6+. The number of hydrogen-bond acceptors (Lipinski definition) is 2. The quantitative estimate of drug-likeness (QED) is 0.664. The van der Waals surface area contributed by atoms with E-state index in [1.807, 2.05) is 20.8 Å². The first kappa shape index (κ1) is 11.6. The summed E-state index contributed by atoms with van der Waals surface area (Å²) >= 11 is 0. The van der Waals surface area contributed by atoms with Crippen LogP contribution in [-0.2, 0) is 10.0 Å². The molecular weight excluding hydrogens is 174 g/mol. The molecule has 0 saturated carbocycles. The molecule has 72 valence electrons. The van der Waals surface area contributed by atoms with Gasteiger partial charge in [-0.2, -0.15) is 4.31 Å². The Kier molecular flexibility index (Phi) is 3.47. The van der Waals surface area contributed by atoms with Crippen molar-refractivity contribution >= 4 is 10.0 Å². The number of nitrogens with zero attached hydrogens (tertiary/aromatic N) is 1. The highest BCUT2D eigenvalue weighted by Gasteiger charge is 2.26. The van der Waals surface area contributed by atoms with Crippen LogP contribution in [0.5, 0.6) is 0 Å². The highest BCUT2D eigenvalue weighted by Crippen LogP contribution is 2.15. The van der Waals surface area contributed by atoms with Gasteiger partial charge in [0.1, 0.15) is 0 Å². The molecule has 0 N–H and O–H groups in total. The van der Waals surface area contributed by atoms with Gasteiger partial charge < -0.3 is 0 Å². The Labute approximate surface area is 75.1 Å². The van der Waals surface area contributed by atoms with Crippen molar-refractivity contribution < 1.29 is 8.42 Å². The summed E-state index contributed by atoms with van der Waals surface area (Å²) in [6, 6.07) is 0. The molecule has 0 bridgehead atoms. The van der Waals surface area contributed by atoms with Crippen LogP contribution in [0, 0.1) is 0 Å². The predicted molar refractivity (Wildman–Crippen MR) is 51.2 cm³/mol. The van der Waals surface area contributed by atoms with Crippen LogP contribution in [0.1, 0.15) is 27.7 Å². The summed E-state index contributed by atoms with van der Waals surface area (Å²) in [5, 5.41) is 1.21. The molecule has 0 heterocycles. The van der Waals surface area contributed by atoms with Gasteiger partial charge in [0.05, 0.1) is 0 Å². The van der Waals surface area contributed by atoms with Crippen LogP contribution in [0.25, 0.3) is 0 Å². The van der Waals surface area contributed by atoms with Crippen molar-refractivity contribution in [2.24, 2.45) is 0 Å². The van der Waals surface area contributed by atoms with E-state index in [0.717, 1.165) is 0 Å². The van der Waals surface area contributed by atoms with Crippen molar-refractivity contribution in [1.29, 1.82) is 0 Å². The molecule has 0 unspecified atom stereocenters. The average Bonchev–Trinajstić information content (AvgIpc) is 1.84. The Balaban J connectivity index is 4.83. The van der Waals surface area contributed by atoms with Crippen molar-refractivity contribution in [1.82, 2.24) is 4.31 Å². The molecule has 0 atom stereocenters. The van der Waals surface area contributed by atoms with Gasteiger partial charge in [-0.3, -0.25) is 0 Å². The molecule has 0 aliphatic rings. The van der Waals surface area contributed by atoms with Crippen molar-refractivity contribution in [2.75, 3.05) is 7.05 Å². The number of rotatable bonds is 2. The first-order valence-electron chi connectivity index (χ1n) is 3.83. The highest BCUT2D eigenvalue weighted by atomic mass is 32.2. The van der Waals surface area contributed by atoms with E-state index in [2.05, 4.69) is 0 Å². The normalized spacial score (nSPS) is 14.5. The Morgan fingerprint density at radius 1 is 1.25 bits per heavy atom. The lowest BCUT2D eigenvalue weighted by Gasteiger charge is -2.29. The summed E-state index contributed by atoms with van der Waals surface area (Å²) in [6.45, 7) is 7.25. The number of allylic oxidation sites excluding steroid dienone is 1. The molecule has 0 aliphatic heterocycles. The zero-order valence-corrected chi connectivity index (χ0v) is 9.14. The molecule has 12 heavy (non-hydrogen) atoms. The smallest absolute Gasteiger partial charge is 0.208 e. The zero-order chi connectivity index (χ0) is 9.99. The van der Waals surface area contributed by atoms with Crippen LogP contribution in [0.4, 0.5) is 0 Å². The van der Waals surface area contributed by atoms with Crippen LogP contribution >= 0.6 is 0 Å². The van der Waals surface area contributed by atoms with Crippen molar-refractivity contribution in [3.8, 4) is 0 Å². The lowest BCUT2D eigenvalue weighted by Crippen LogP contribution is -2.41. The zero-order valence-electron chi connectivity index (χ0n) is 8.33. The van der Waals surface area contributed by atoms with Crippen LogP contribution < -0.4 is 0 Å². The van der Waals surface area contributed by atoms with Gasteiger partial charge in [-0.15, -0.1) is 0 Å². The Morgan fingerprint density at radius 2 is 1.67 bits per heavy atom. The number of sulfonamides is 1. The fourth-order valence-electron chi connectivity index (χ4n) is 0.645. The van der Waals surface area contributed by atoms with E-state index in [1.165, 1.54) is 15.8 Å². The monoisotopic (exact) mass is 191 g/mol. The molecule has 0 fully saturated rings. The van der Waals surface area contributed by atoms with Gasteiger partial charge >= 0.3 is 0 Å². The van der Waals surface area contributed by atoms with E-state index in [0.29, 0.717) is 0 Å². The first-order chi connectivity index (χ1) is 5.22. The summed E-state index contributed by atoms with van der Waals surface area (Å²) in [7, 11) is -1.64. The molecular formula is C8H17NO2S. The molecule has 0 aromatic heterocycles. The van der Waals surface area contributed by atoms with Gasteiger partial charge in [-0.1, -0.05) is 6.08 Å². The summed E-state index contributed by atoms with van der Waals surface area (Å²) in [6.07, 6.45) is 1.53. The van der Waals surface area contributed by atoms with Gasteiger partial charge in [0, 0.05) is 18.0 Å². The summed E-state index contributed by atoms with van der Waals surface area (Å²) in [5.41, 5.74) is -0.363. The van der Waals surface area contributed by atoms with Crippen LogP contribution in [-0.4, -0.2) is 25.3 Å². The second-order valence-corrected chi connectivity index (χ2v) is 5.50. The minimum absolute atomic E-state index is 0.363. The van der Waals surface area contributed by atoms with Crippen LogP contribution in [0.3, 0.4) is 0 Å². The van der Waals surface area contributed by atoms with Gasteiger partial charge in [0.15, 0.2) is 0 Å². The Hall–Kier alpha value is -0.350. The lowest BCUT2D eigenvalue weighted by atomic mass is 10.1. The molecule has 0 saturated heterocycles. The Morgan fingerprint density at radius 3 is 1.92 bits per heavy atom. The number of hydrogen-bond donors (Lipinski definition) is 0. The molecule has 4 heteroatoms. The van der Waals surface area contributed by atoms with Gasteiger partial charge in [-0.25, -0.2) is 8.42 Å². The van der Waals surface area contributed by atoms with E-state index in [4.69, 9.17) is 0 Å². The third-order valence-corrected chi connectivity index (χ3v) is 3.56. The van der Waals surface area contributed by atoms with Gasteiger partial charge in [0.25, 0.3) is 0 Å². The molecule has 0 aromatic rings. The average molecular weight is 191 g/mol. The van der Waals surface area contributed by atoms with E-state index in [1.54, 1.807) is 14.0 Å². The van der Waals surface area contributed by atoms with Crippen LogP contribution in [0.2, 0.25) is 0 Å². The summed E-state index contributed by atoms with van der Waals surface area (Å²) in [5.74, 6) is 0. The second kappa shape index (κ2) is 3.58. The lowest BCUT2D eigenvalue weighted by molar-refractivity contribution is 0.295. The Bertz CT molecular complexity index is 259. The third-order valence-electron chi connectivity index (χ3n) is 1.63. The van der Waals surface area contributed by atoms with Gasteiger partial charge in [0.2, 0.25) is 10.0 Å². The fraction of sp³-hybridized carbons (Fsp3) is 0.750. The molecule has 0 amide bonds. The largest absolute Gasteiger partial charge is 0.236 e. The third kappa shape index (κ3) is 2.95. The minimum Gasteiger partial charge on any atom is -0.208 e. The molecule has 0 radical (unpaired) electrons. The fourth-order valence-corrected chi connectivity index (χ4v) is 1.93. The summed E-state index contributed by atoms with van der Waals surface area (Å²) < 4.78 is 24.2. The summed E-state index contributed by atoms with van der Waals surface area (Å²) in [4.78, 5) is 0. The van der Waals surface area contributed by atoms with E-state index < -0.39 is 10.0 Å². The van der Waals surface area contributed by atoms with Crippen molar-refractivity contribution in [2.45, 2.75) is 33.2 Å². The predicted octanol–water partition coefficient (Wildman–Crippen LogP) is 1.58. The van der Waals surface area contributed by atoms with E-state index >= 15 is 0 Å². The van der Waals surface area contributed by atoms with Crippen LogP contribution in [0.15, 0.2) is 11.5 Å². The minimum atomic E-state index is -3.22. The van der Waals surface area contributed by atoms with Crippen molar-refractivity contribution in [3.63, 3.8) is 0 Å². The molecule has 3 nitrogen and oxygen atoms in total. The van der Waals surface area contributed by atoms with E-state index in [-0.39, 0.29) is 5.54 Å². The maximum Gasteiger partial charge on any atom is 0.236 e.